The van der Waals surface area contributed by atoms with Crippen molar-refractivity contribution in [2.45, 2.75) is 145 Å². The molecule has 0 radical (unpaired) electrons. The minimum atomic E-state index is -5.00. The van der Waals surface area contributed by atoms with E-state index in [1.165, 1.54) is 77.0 Å². The molecule has 0 aromatic heterocycles. The van der Waals surface area contributed by atoms with Crippen LogP contribution in [0.4, 0.5) is 0 Å². The molecule has 0 aliphatic carbocycles. The average molecular weight is 720 g/mol. The Balaban J connectivity index is -0.000000429. The van der Waals surface area contributed by atoms with E-state index in [1.54, 1.807) is 26.6 Å². The molecule has 33 heavy (non-hydrogen) atoms. The fourth-order valence-corrected chi connectivity index (χ4v) is 22.2. The Morgan fingerprint density at radius 1 is 0.545 bits per heavy atom. The Morgan fingerprint density at radius 3 is 0.788 bits per heavy atom. The van der Waals surface area contributed by atoms with Gasteiger partial charge < -0.3 is 13.8 Å². The van der Waals surface area contributed by atoms with Crippen LogP contribution in [-0.4, -0.2) is 60.6 Å². The summed E-state index contributed by atoms with van der Waals surface area (Å²) in [6.45, 7) is 14.0. The van der Waals surface area contributed by atoms with Crippen LogP contribution in [0.1, 0.15) is 119 Å². The molecule has 0 unspecified atom stereocenters. The second kappa shape index (κ2) is 29.6. The van der Waals surface area contributed by atoms with Crippen LogP contribution in [0.25, 0.3) is 0 Å². The number of unbranched alkanes of at least 4 members (excludes halogenated alkanes) is 6. The maximum Gasteiger partial charge on any atom is 0.276 e. The van der Waals surface area contributed by atoms with Gasteiger partial charge in [-0.05, 0) is 0 Å². The van der Waals surface area contributed by atoms with E-state index in [9.17, 15) is 22.2 Å². The van der Waals surface area contributed by atoms with E-state index in [2.05, 4.69) is 41.5 Å². The third kappa shape index (κ3) is 33.3. The van der Waals surface area contributed by atoms with Crippen molar-refractivity contribution in [1.29, 1.82) is 0 Å². The second-order valence-electron chi connectivity index (χ2n) is 8.83. The van der Waals surface area contributed by atoms with E-state index in [4.69, 9.17) is 0 Å². The molecule has 0 amide bonds. The van der Waals surface area contributed by atoms with Gasteiger partial charge in [-0.2, -0.15) is 0 Å². The Kier molecular flexibility index (Phi) is 34.8. The van der Waals surface area contributed by atoms with Gasteiger partial charge in [0.2, 0.25) is 0 Å². The van der Waals surface area contributed by atoms with E-state index in [-0.39, 0.29) is 0 Å². The third-order valence-corrected chi connectivity index (χ3v) is 25.3. The first-order chi connectivity index (χ1) is 15.6. The van der Waals surface area contributed by atoms with Crippen LogP contribution in [-0.2, 0) is 14.0 Å². The van der Waals surface area contributed by atoms with Gasteiger partial charge in [-0.25, -0.2) is 8.42 Å². The molecule has 198 valence electrons. The summed E-state index contributed by atoms with van der Waals surface area (Å²) in [5.74, 6) is 0. The van der Waals surface area contributed by atoms with Crippen LogP contribution >= 0.6 is 0 Å². The van der Waals surface area contributed by atoms with Gasteiger partial charge in [0.1, 0.15) is 9.57 Å². The molecular weight excluding hydrogens is 666 g/mol. The molecule has 0 fully saturated rings. The molecule has 0 aromatic carbocycles. The van der Waals surface area contributed by atoms with Gasteiger partial charge in [0, 0.05) is 0 Å². The first-order valence-corrected chi connectivity index (χ1v) is 29.0. The van der Waals surface area contributed by atoms with Crippen molar-refractivity contribution in [3.8, 4) is 0 Å². The van der Waals surface area contributed by atoms with Gasteiger partial charge in [0.15, 0.2) is 0 Å². The fourth-order valence-electron chi connectivity index (χ4n) is 3.31. The molecule has 0 bridgehead atoms. The van der Waals surface area contributed by atoms with Crippen molar-refractivity contribution in [2.75, 3.05) is 0 Å². The Morgan fingerprint density at radius 2 is 0.697 bits per heavy atom. The third-order valence-electron chi connectivity index (χ3n) is 5.51. The summed E-state index contributed by atoms with van der Waals surface area (Å²) in [5.41, 5.74) is 0. The average Bonchev–Trinajstić information content (AvgIpc) is 2.78. The summed E-state index contributed by atoms with van der Waals surface area (Å²) in [4.78, 5) is 9.19. The number of hydrogen-bond donors (Lipinski definition) is 0. The molecule has 9 heteroatoms. The minimum Gasteiger partial charge on any atom is -0.749 e. The van der Waals surface area contributed by atoms with Crippen LogP contribution < -0.4 is 4.80 Å². The molecule has 0 aromatic rings. The van der Waals surface area contributed by atoms with Crippen LogP contribution in [0, 0.1) is 0 Å². The Hall–Kier alpha value is 1.32. The first kappa shape index (κ1) is 38.8. The van der Waals surface area contributed by atoms with Crippen LogP contribution in [0.15, 0.2) is 0 Å². The van der Waals surface area contributed by atoms with E-state index < -0.39 is 57.2 Å². The zero-order valence-corrected chi connectivity index (χ0v) is 30.2. The molecule has 0 heterocycles. The van der Waals surface area contributed by atoms with Crippen LogP contribution in [0.2, 0.25) is 26.6 Å². The zero-order valence-electron chi connectivity index (χ0n) is 22.7. The summed E-state index contributed by atoms with van der Waals surface area (Å²) in [6.07, 6.45) is 17.7. The zero-order chi connectivity index (χ0) is 26.0. The number of rotatable bonds is 19. The summed E-state index contributed by atoms with van der Waals surface area (Å²) in [6, 6.07) is 0. The maximum absolute atomic E-state index is 9.20. The van der Waals surface area contributed by atoms with Gasteiger partial charge in [0.25, 0.3) is 8.08 Å². The van der Waals surface area contributed by atoms with E-state index >= 15 is 0 Å². The van der Waals surface area contributed by atoms with Crippen molar-refractivity contribution in [1.82, 2.24) is 0 Å². The maximum atomic E-state index is 9.20. The summed E-state index contributed by atoms with van der Waals surface area (Å²) in [5, 5.41) is 0. The van der Waals surface area contributed by atoms with Gasteiger partial charge in [-0.1, -0.05) is 0 Å². The van der Waals surface area contributed by atoms with Gasteiger partial charge >= 0.3 is 185 Å². The van der Waals surface area contributed by atoms with Crippen LogP contribution in [0.3, 0.4) is 0 Å². The quantitative estimate of drug-likeness (QED) is 0.105. The predicted molar refractivity (Wildman–Crippen MR) is 146 cm³/mol. The predicted octanol–water partition coefficient (Wildman–Crippen LogP) is 7.07. The fraction of sp³-hybridized carbons (Fsp3) is 1.00. The molecule has 0 rings (SSSR count). The monoisotopic (exact) mass is 722 g/mol. The van der Waals surface area contributed by atoms with Crippen molar-refractivity contribution in [3.63, 3.8) is 0 Å². The molecule has 5 nitrogen and oxygen atoms in total. The first-order valence-electron chi connectivity index (χ1n) is 13.5. The largest absolute Gasteiger partial charge is 0.749 e. The summed E-state index contributed by atoms with van der Waals surface area (Å²) in [7, 11) is -9.13. The molecule has 0 N–H and O–H groups in total. The SMILES string of the molecule is CCC[CH2][Sn+]([CH2]CCC)[CH2]CCC.CCC[CH2][Sn+]([CH2]CCC)[CH2]CCC.O=[Si]([O-])S(=O)(=O)[O-]. The van der Waals surface area contributed by atoms with Crippen molar-refractivity contribution in [2.24, 2.45) is 0 Å². The van der Waals surface area contributed by atoms with Crippen molar-refractivity contribution < 1.29 is 22.2 Å². The standard InChI is InChI=1S/6C4H9.HO5SSi.2Sn/c6*1-3-4-2;1-6(2,3)7(4)5;;/h6*1,3-4H2,2H3;(H,1,2,3);;/q;;;;;;-1;2*+1/p-1. The van der Waals surface area contributed by atoms with Crippen LogP contribution in [0.5, 0.6) is 0 Å². The molecule has 0 spiro atoms. The Bertz CT molecular complexity index is 445. The topological polar surface area (TPSA) is 97.3 Å². The van der Waals surface area contributed by atoms with Gasteiger partial charge in [-0.3, -0.25) is 0 Å². The molecular formula is C24H54O5SSiSn2. The molecule has 0 saturated heterocycles. The van der Waals surface area contributed by atoms with Gasteiger partial charge in [-0.15, -0.1) is 0 Å². The van der Waals surface area contributed by atoms with E-state index in [0.29, 0.717) is 0 Å². The molecule has 0 atom stereocenters. The Labute approximate surface area is 223 Å². The van der Waals surface area contributed by atoms with E-state index in [1.807, 2.05) is 0 Å². The molecule has 0 aliphatic rings. The van der Waals surface area contributed by atoms with Crippen molar-refractivity contribution in [3.05, 3.63) is 0 Å². The van der Waals surface area contributed by atoms with Gasteiger partial charge in [0.05, 0.1) is 0 Å². The summed E-state index contributed by atoms with van der Waals surface area (Å²) < 4.78 is 46.9. The normalized spacial score (nSPS) is 10.5. The van der Waals surface area contributed by atoms with E-state index in [0.717, 1.165) is 0 Å². The summed E-state index contributed by atoms with van der Waals surface area (Å²) >= 11 is -1.68. The number of hydrogen-bond acceptors (Lipinski definition) is 5. The minimum absolute atomic E-state index is 0.839. The van der Waals surface area contributed by atoms with Crippen molar-refractivity contribution >= 4 is 57.2 Å². The second-order valence-corrected chi connectivity index (χ2v) is 29.9. The molecule has 0 saturated carbocycles. The smallest absolute Gasteiger partial charge is 0.276 e. The molecule has 0 aliphatic heterocycles.